The van der Waals surface area contributed by atoms with Crippen LogP contribution in [-0.4, -0.2) is 0 Å². The zero-order chi connectivity index (χ0) is 25.5. The van der Waals surface area contributed by atoms with Crippen LogP contribution in [0, 0.1) is 55.4 Å². The number of aryl methyl sites for hydroxylation is 2. The van der Waals surface area contributed by atoms with Crippen LogP contribution < -0.4 is 21.7 Å². The molecule has 0 aliphatic heterocycles. The third-order valence-corrected chi connectivity index (χ3v) is 6.92. The zero-order valence-corrected chi connectivity index (χ0v) is 21.1. The SMILES string of the molecule is Cc1cc(-c2ccc(-c3cc(C)c(=O)c(C)c(C)c(=O)c3C)cc2)c(C)c(=O)c(C)c(C)c1=O. The predicted octanol–water partition coefficient (Wildman–Crippen LogP) is 4.93. The smallest absolute Gasteiger partial charge is 0.185 e. The highest BCUT2D eigenvalue weighted by atomic mass is 16.1. The highest BCUT2D eigenvalue weighted by Gasteiger charge is 2.13. The van der Waals surface area contributed by atoms with Gasteiger partial charge in [0.15, 0.2) is 21.7 Å². The Kier molecular flexibility index (Phi) is 6.83. The molecule has 0 aromatic heterocycles. The molecule has 0 spiro atoms. The maximum atomic E-state index is 12.9. The largest absolute Gasteiger partial charge is 0.289 e. The van der Waals surface area contributed by atoms with Crippen LogP contribution in [0.25, 0.3) is 22.3 Å². The normalized spacial score (nSPS) is 10.8. The molecule has 34 heavy (non-hydrogen) atoms. The summed E-state index contributed by atoms with van der Waals surface area (Å²) < 4.78 is 0. The Hall–Kier alpha value is -3.66. The Labute approximate surface area is 199 Å². The van der Waals surface area contributed by atoms with E-state index in [1.54, 1.807) is 67.5 Å². The van der Waals surface area contributed by atoms with E-state index in [0.717, 1.165) is 11.1 Å². The summed E-state index contributed by atoms with van der Waals surface area (Å²) in [6.07, 6.45) is 0. The average molecular weight is 455 g/mol. The Morgan fingerprint density at radius 3 is 0.941 bits per heavy atom. The van der Waals surface area contributed by atoms with E-state index in [2.05, 4.69) is 0 Å². The maximum Gasteiger partial charge on any atom is 0.185 e. The minimum Gasteiger partial charge on any atom is -0.289 e. The van der Waals surface area contributed by atoms with Gasteiger partial charge in [0.2, 0.25) is 0 Å². The topological polar surface area (TPSA) is 68.3 Å². The van der Waals surface area contributed by atoms with Crippen LogP contribution in [0.1, 0.15) is 44.5 Å². The summed E-state index contributed by atoms with van der Waals surface area (Å²) in [5, 5.41) is 0. The molecule has 0 bridgehead atoms. The van der Waals surface area contributed by atoms with Crippen LogP contribution in [0.15, 0.2) is 55.6 Å². The zero-order valence-electron chi connectivity index (χ0n) is 21.1. The molecule has 0 aliphatic rings. The molecule has 3 aromatic carbocycles. The fraction of sp³-hybridized carbons (Fsp3) is 0.267. The van der Waals surface area contributed by atoms with Crippen molar-refractivity contribution in [2.75, 3.05) is 0 Å². The van der Waals surface area contributed by atoms with E-state index >= 15 is 0 Å². The molecule has 0 heterocycles. The molecule has 0 fully saturated rings. The van der Waals surface area contributed by atoms with Crippen LogP contribution in [-0.2, 0) is 0 Å². The lowest BCUT2D eigenvalue weighted by molar-refractivity contribution is 1.22. The van der Waals surface area contributed by atoms with Crippen molar-refractivity contribution in [1.29, 1.82) is 0 Å². The first-order chi connectivity index (χ1) is 15.9. The van der Waals surface area contributed by atoms with Crippen molar-refractivity contribution < 1.29 is 0 Å². The summed E-state index contributed by atoms with van der Waals surface area (Å²) in [5.41, 5.74) is 6.59. The van der Waals surface area contributed by atoms with Gasteiger partial charge in [0, 0.05) is 33.4 Å². The second-order valence-electron chi connectivity index (χ2n) is 9.13. The van der Waals surface area contributed by atoms with Gasteiger partial charge in [0.25, 0.3) is 0 Å². The molecule has 0 aliphatic carbocycles. The molecule has 174 valence electrons. The minimum atomic E-state index is -0.146. The van der Waals surface area contributed by atoms with Gasteiger partial charge in [-0.1, -0.05) is 24.3 Å². The lowest BCUT2D eigenvalue weighted by atomic mass is 9.93. The van der Waals surface area contributed by atoms with Crippen molar-refractivity contribution in [2.24, 2.45) is 0 Å². The molecule has 0 saturated carbocycles. The molecule has 3 aromatic rings. The molecule has 0 unspecified atom stereocenters. The molecule has 4 nitrogen and oxygen atoms in total. The lowest BCUT2D eigenvalue weighted by Crippen LogP contribution is -2.17. The molecule has 3 rings (SSSR count). The highest BCUT2D eigenvalue weighted by Crippen LogP contribution is 2.27. The number of hydrogen-bond acceptors (Lipinski definition) is 4. The Bertz CT molecular complexity index is 1460. The molecule has 0 radical (unpaired) electrons. The Morgan fingerprint density at radius 1 is 0.382 bits per heavy atom. The third-order valence-electron chi connectivity index (χ3n) is 6.92. The minimum absolute atomic E-state index is 0.134. The van der Waals surface area contributed by atoms with Gasteiger partial charge in [0.05, 0.1) is 0 Å². The van der Waals surface area contributed by atoms with Crippen LogP contribution in [0.4, 0.5) is 0 Å². The number of benzene rings is 1. The molecule has 4 heteroatoms. The summed E-state index contributed by atoms with van der Waals surface area (Å²) >= 11 is 0. The van der Waals surface area contributed by atoms with E-state index in [-0.39, 0.29) is 21.7 Å². The van der Waals surface area contributed by atoms with Gasteiger partial charge in [0.1, 0.15) is 0 Å². The highest BCUT2D eigenvalue weighted by molar-refractivity contribution is 5.74. The van der Waals surface area contributed by atoms with Crippen molar-refractivity contribution in [1.82, 2.24) is 0 Å². The second-order valence-corrected chi connectivity index (χ2v) is 9.13. The maximum absolute atomic E-state index is 12.9. The Balaban J connectivity index is 2.31. The van der Waals surface area contributed by atoms with Gasteiger partial charge < -0.3 is 0 Å². The van der Waals surface area contributed by atoms with Crippen molar-refractivity contribution in [2.45, 2.75) is 55.4 Å². The summed E-state index contributed by atoms with van der Waals surface area (Å²) in [5.74, 6) is 0. The van der Waals surface area contributed by atoms with Gasteiger partial charge in [-0.2, -0.15) is 0 Å². The quantitative estimate of drug-likeness (QED) is 0.551. The first-order valence-electron chi connectivity index (χ1n) is 11.3. The number of rotatable bonds is 2. The summed E-state index contributed by atoms with van der Waals surface area (Å²) in [6.45, 7) is 13.8. The van der Waals surface area contributed by atoms with E-state index in [1.165, 1.54) is 0 Å². The van der Waals surface area contributed by atoms with Gasteiger partial charge in [-0.15, -0.1) is 0 Å². The van der Waals surface area contributed by atoms with E-state index < -0.39 is 0 Å². The summed E-state index contributed by atoms with van der Waals surface area (Å²) in [6, 6.07) is 11.1. The van der Waals surface area contributed by atoms with Crippen molar-refractivity contribution in [3.05, 3.63) is 122 Å². The van der Waals surface area contributed by atoms with Gasteiger partial charge in [-0.25, -0.2) is 0 Å². The predicted molar refractivity (Wildman–Crippen MR) is 140 cm³/mol. The van der Waals surface area contributed by atoms with Gasteiger partial charge in [-0.05, 0) is 101 Å². The van der Waals surface area contributed by atoms with Crippen LogP contribution in [0.2, 0.25) is 0 Å². The fourth-order valence-electron chi connectivity index (χ4n) is 4.29. The van der Waals surface area contributed by atoms with Crippen molar-refractivity contribution in [3.63, 3.8) is 0 Å². The second kappa shape index (κ2) is 9.30. The molecule has 0 amide bonds. The lowest BCUT2D eigenvalue weighted by Gasteiger charge is -2.10. The van der Waals surface area contributed by atoms with Crippen molar-refractivity contribution in [3.8, 4) is 22.3 Å². The van der Waals surface area contributed by atoms with E-state index in [1.807, 2.05) is 24.3 Å². The van der Waals surface area contributed by atoms with Gasteiger partial charge >= 0.3 is 0 Å². The first-order valence-corrected chi connectivity index (χ1v) is 11.3. The van der Waals surface area contributed by atoms with Crippen LogP contribution in [0.5, 0.6) is 0 Å². The van der Waals surface area contributed by atoms with Crippen LogP contribution >= 0.6 is 0 Å². The molecule has 0 N–H and O–H groups in total. The fourth-order valence-corrected chi connectivity index (χ4v) is 4.29. The summed E-state index contributed by atoms with van der Waals surface area (Å²) in [7, 11) is 0. The Morgan fingerprint density at radius 2 is 0.647 bits per heavy atom. The van der Waals surface area contributed by atoms with E-state index in [9.17, 15) is 19.2 Å². The number of hydrogen-bond donors (Lipinski definition) is 0. The molecular formula is C30H30O4. The monoisotopic (exact) mass is 454 g/mol. The molecule has 0 atom stereocenters. The van der Waals surface area contributed by atoms with E-state index in [0.29, 0.717) is 55.6 Å². The molecule has 0 saturated heterocycles. The first kappa shape index (κ1) is 25.0. The summed E-state index contributed by atoms with van der Waals surface area (Å²) in [4.78, 5) is 51.2. The molecular weight excluding hydrogens is 424 g/mol. The van der Waals surface area contributed by atoms with Crippen molar-refractivity contribution >= 4 is 0 Å². The standard InChI is InChI=1S/C30H30O4/c1-15-13-25(21(7)29(33)19(5)17(3)27(15)31)23-9-11-24(12-10-23)26-14-16(2)28(32)18(4)20(6)30(34)22(26)8/h9-14H,1-8H3. The van der Waals surface area contributed by atoms with Gasteiger partial charge in [-0.3, -0.25) is 19.2 Å². The third kappa shape index (κ3) is 4.28. The van der Waals surface area contributed by atoms with Crippen LogP contribution in [0.3, 0.4) is 0 Å². The van der Waals surface area contributed by atoms with E-state index in [4.69, 9.17) is 0 Å². The average Bonchev–Trinajstić information content (AvgIpc) is 2.84.